The molecule has 0 radical (unpaired) electrons. The van der Waals surface area contributed by atoms with E-state index in [4.69, 9.17) is 9.47 Å². The van der Waals surface area contributed by atoms with Gasteiger partial charge in [-0.25, -0.2) is 13.2 Å². The zero-order chi connectivity index (χ0) is 29.3. The molecule has 1 N–H and O–H groups in total. The zero-order valence-corrected chi connectivity index (χ0v) is 22.7. The topological polar surface area (TPSA) is 194 Å². The number of tetrazole rings is 2. The van der Waals surface area contributed by atoms with Crippen molar-refractivity contribution in [1.29, 1.82) is 0 Å². The second-order valence-electron chi connectivity index (χ2n) is 8.85. The molecule has 0 fully saturated rings. The molecule has 0 bridgehead atoms. The lowest BCUT2D eigenvalue weighted by Crippen LogP contribution is -2.20. The van der Waals surface area contributed by atoms with Gasteiger partial charge in [0.05, 0.1) is 22.6 Å². The van der Waals surface area contributed by atoms with Gasteiger partial charge in [0.1, 0.15) is 11.4 Å². The van der Waals surface area contributed by atoms with Gasteiger partial charge in [-0.2, -0.15) is 0 Å². The molecule has 0 amide bonds. The number of sulfone groups is 1. The maximum absolute atomic E-state index is 12.8. The van der Waals surface area contributed by atoms with Crippen molar-refractivity contribution in [3.05, 3.63) is 71.8 Å². The SMILES string of the molecule is CC(=O)OC(C)OC(=O)c1cccc2c(-n3nnc(Cc4nnn(-c5cc(S(C)(=O)=O)ccc5O)n4)n3)cccc12. The first-order valence-electron chi connectivity index (χ1n) is 12.0. The van der Waals surface area contributed by atoms with Crippen molar-refractivity contribution in [3.63, 3.8) is 0 Å². The van der Waals surface area contributed by atoms with Gasteiger partial charge in [-0.05, 0) is 46.1 Å². The summed E-state index contributed by atoms with van der Waals surface area (Å²) in [5, 5.41) is 36.0. The van der Waals surface area contributed by atoms with Crippen molar-refractivity contribution in [2.45, 2.75) is 31.5 Å². The summed E-state index contributed by atoms with van der Waals surface area (Å²) in [6.45, 7) is 2.66. The number of fused-ring (bicyclic) bond motifs is 1. The molecule has 15 nitrogen and oxygen atoms in total. The predicted octanol–water partition coefficient (Wildman–Crippen LogP) is 1.56. The monoisotopic (exact) mass is 578 g/mol. The normalized spacial score (nSPS) is 12.3. The van der Waals surface area contributed by atoms with Crippen molar-refractivity contribution in [2.24, 2.45) is 0 Å². The van der Waals surface area contributed by atoms with E-state index < -0.39 is 28.1 Å². The molecule has 0 spiro atoms. The van der Waals surface area contributed by atoms with E-state index in [0.717, 1.165) is 11.1 Å². The summed E-state index contributed by atoms with van der Waals surface area (Å²) < 4.78 is 33.9. The minimum atomic E-state index is -3.52. The van der Waals surface area contributed by atoms with Crippen molar-refractivity contribution in [2.75, 3.05) is 6.26 Å². The lowest BCUT2D eigenvalue weighted by Gasteiger charge is -2.14. The molecule has 16 heteroatoms. The van der Waals surface area contributed by atoms with Gasteiger partial charge in [-0.1, -0.05) is 24.3 Å². The summed E-state index contributed by atoms with van der Waals surface area (Å²) >= 11 is 0. The van der Waals surface area contributed by atoms with Crippen molar-refractivity contribution >= 4 is 32.5 Å². The van der Waals surface area contributed by atoms with Crippen LogP contribution in [0.2, 0.25) is 0 Å². The molecule has 1 unspecified atom stereocenters. The van der Waals surface area contributed by atoms with E-state index in [2.05, 4.69) is 30.8 Å². The summed E-state index contributed by atoms with van der Waals surface area (Å²) in [5.74, 6) is -1.03. The quantitative estimate of drug-likeness (QED) is 0.206. The minimum absolute atomic E-state index is 0.0147. The Hall–Kier alpha value is -5.25. The zero-order valence-electron chi connectivity index (χ0n) is 21.9. The van der Waals surface area contributed by atoms with Gasteiger partial charge in [0.25, 0.3) is 0 Å². The molecule has 0 aliphatic carbocycles. The number of carbonyl (C=O) groups is 2. The highest BCUT2D eigenvalue weighted by Gasteiger charge is 2.19. The Balaban J connectivity index is 1.39. The second-order valence-corrected chi connectivity index (χ2v) is 10.9. The number of nitrogens with zero attached hydrogens (tertiary/aromatic N) is 8. The standard InChI is InChI=1S/C25H22N8O7S/c1-14(34)39-15(2)40-25(36)19-8-4-7-18-17(19)6-5-9-20(18)32-28-23(26-30-32)13-24-27-31-33(29-24)21-12-16(41(3,37)38)10-11-22(21)35/h4-12,15,35H,13H2,1-3H3. The summed E-state index contributed by atoms with van der Waals surface area (Å²) in [7, 11) is -3.52. The number of benzene rings is 3. The third-order valence-corrected chi connectivity index (χ3v) is 6.87. The van der Waals surface area contributed by atoms with Crippen molar-refractivity contribution in [3.8, 4) is 17.1 Å². The Kier molecular flexibility index (Phi) is 7.15. The molecule has 41 heavy (non-hydrogen) atoms. The molecule has 0 saturated carbocycles. The maximum Gasteiger partial charge on any atom is 0.341 e. The van der Waals surface area contributed by atoms with E-state index in [0.29, 0.717) is 16.5 Å². The van der Waals surface area contributed by atoms with Crippen LogP contribution < -0.4 is 0 Å². The number of aromatic nitrogens is 8. The summed E-state index contributed by atoms with van der Waals surface area (Å²) in [6.07, 6.45) is 0.0211. The summed E-state index contributed by atoms with van der Waals surface area (Å²) in [6, 6.07) is 14.0. The van der Waals surface area contributed by atoms with Crippen LogP contribution >= 0.6 is 0 Å². The lowest BCUT2D eigenvalue weighted by molar-refractivity contribution is -0.162. The first-order valence-corrected chi connectivity index (χ1v) is 13.9. The van der Waals surface area contributed by atoms with Crippen molar-refractivity contribution < 1.29 is 32.6 Å². The van der Waals surface area contributed by atoms with Gasteiger partial charge < -0.3 is 14.6 Å². The van der Waals surface area contributed by atoms with Crippen LogP contribution in [0.25, 0.3) is 22.1 Å². The van der Waals surface area contributed by atoms with Gasteiger partial charge in [0.2, 0.25) is 6.29 Å². The van der Waals surface area contributed by atoms with E-state index in [-0.39, 0.29) is 40.0 Å². The number of hydrogen-bond donors (Lipinski definition) is 1. The van der Waals surface area contributed by atoms with Crippen LogP contribution in [0.3, 0.4) is 0 Å². The molecule has 0 aliphatic rings. The molecule has 5 aromatic rings. The van der Waals surface area contributed by atoms with Gasteiger partial charge in [-0.15, -0.1) is 30.0 Å². The number of esters is 2. The van der Waals surface area contributed by atoms with Crippen LogP contribution in [-0.2, 0) is 30.5 Å². The van der Waals surface area contributed by atoms with Gasteiger partial charge in [0, 0.05) is 25.5 Å². The third-order valence-electron chi connectivity index (χ3n) is 5.76. The average molecular weight is 579 g/mol. The van der Waals surface area contributed by atoms with Crippen LogP contribution in [0.1, 0.15) is 35.9 Å². The van der Waals surface area contributed by atoms with Crippen molar-refractivity contribution in [1.82, 2.24) is 40.4 Å². The fourth-order valence-corrected chi connectivity index (χ4v) is 4.63. The van der Waals surface area contributed by atoms with Crippen LogP contribution in [0.4, 0.5) is 0 Å². The molecular formula is C25H22N8O7S. The molecule has 0 saturated heterocycles. The Morgan fingerprint density at radius 1 is 0.902 bits per heavy atom. The Labute approximate surface area is 232 Å². The number of phenols is 1. The van der Waals surface area contributed by atoms with E-state index in [9.17, 15) is 23.1 Å². The predicted molar refractivity (Wildman–Crippen MR) is 140 cm³/mol. The molecule has 0 aliphatic heterocycles. The highest BCUT2D eigenvalue weighted by atomic mass is 32.2. The van der Waals surface area contributed by atoms with Crippen LogP contribution in [0, 0.1) is 0 Å². The molecule has 3 aromatic carbocycles. The van der Waals surface area contributed by atoms with E-state index in [1.54, 1.807) is 36.4 Å². The second kappa shape index (κ2) is 10.7. The molecular weight excluding hydrogens is 556 g/mol. The number of phenolic OH excluding ortho intramolecular Hbond substituents is 1. The molecule has 2 heterocycles. The van der Waals surface area contributed by atoms with E-state index in [1.165, 1.54) is 36.8 Å². The summed E-state index contributed by atoms with van der Waals surface area (Å²) in [5.41, 5.74) is 0.825. The largest absolute Gasteiger partial charge is 0.506 e. The third kappa shape index (κ3) is 5.86. The number of hydrogen-bond acceptors (Lipinski definition) is 13. The lowest BCUT2D eigenvalue weighted by atomic mass is 10.0. The fraction of sp³-hybridized carbons (Fsp3) is 0.200. The minimum Gasteiger partial charge on any atom is -0.506 e. The Morgan fingerprint density at radius 2 is 1.54 bits per heavy atom. The number of aromatic hydroxyl groups is 1. The highest BCUT2D eigenvalue weighted by Crippen LogP contribution is 2.26. The maximum atomic E-state index is 12.8. The van der Waals surface area contributed by atoms with Crippen LogP contribution in [0.5, 0.6) is 5.75 Å². The first kappa shape index (κ1) is 27.3. The first-order chi connectivity index (χ1) is 19.5. The van der Waals surface area contributed by atoms with Gasteiger partial charge in [0.15, 0.2) is 21.5 Å². The molecule has 1 atom stereocenters. The highest BCUT2D eigenvalue weighted by molar-refractivity contribution is 7.90. The Morgan fingerprint density at radius 3 is 2.20 bits per heavy atom. The van der Waals surface area contributed by atoms with Gasteiger partial charge >= 0.3 is 11.9 Å². The number of rotatable bonds is 8. The number of carbonyl (C=O) groups excluding carboxylic acids is 2. The average Bonchev–Trinajstić information content (AvgIpc) is 3.57. The van der Waals surface area contributed by atoms with E-state index >= 15 is 0 Å². The van der Waals surface area contributed by atoms with Crippen LogP contribution in [-0.4, -0.2) is 78.4 Å². The van der Waals surface area contributed by atoms with Crippen LogP contribution in [0.15, 0.2) is 59.5 Å². The smallest absolute Gasteiger partial charge is 0.341 e. The fourth-order valence-electron chi connectivity index (χ4n) is 3.99. The molecule has 210 valence electrons. The molecule has 2 aromatic heterocycles. The number of ether oxygens (including phenoxy) is 2. The van der Waals surface area contributed by atoms with Gasteiger partial charge in [-0.3, -0.25) is 4.79 Å². The Bertz CT molecular complexity index is 1900. The summed E-state index contributed by atoms with van der Waals surface area (Å²) in [4.78, 5) is 26.2. The van der Waals surface area contributed by atoms with E-state index in [1.807, 2.05) is 0 Å². The molecule has 5 rings (SSSR count).